The summed E-state index contributed by atoms with van der Waals surface area (Å²) >= 11 is 0. The number of benzene rings is 1. The van der Waals surface area contributed by atoms with Gasteiger partial charge in [0.15, 0.2) is 5.82 Å². The number of H-pyrrole nitrogens is 1. The monoisotopic (exact) mass is 282 g/mol. The van der Waals surface area contributed by atoms with Gasteiger partial charge in [0.2, 0.25) is 0 Å². The first kappa shape index (κ1) is 13.0. The summed E-state index contributed by atoms with van der Waals surface area (Å²) in [5.74, 6) is 0.468. The number of carbonyl (C=O) groups is 1. The highest BCUT2D eigenvalue weighted by molar-refractivity contribution is 5.94. The maximum absolute atomic E-state index is 12.0. The minimum atomic E-state index is -0.113. The molecule has 2 N–H and O–H groups in total. The maximum Gasteiger partial charge on any atom is 0.251 e. The Bertz CT molecular complexity index is 688. The topological polar surface area (TPSA) is 88.5 Å². The van der Waals surface area contributed by atoms with Crippen molar-refractivity contribution in [2.45, 2.75) is 6.42 Å². The molecule has 0 saturated carbocycles. The number of aromatic amines is 1. The molecule has 2 heterocycles. The zero-order valence-electron chi connectivity index (χ0n) is 11.2. The van der Waals surface area contributed by atoms with E-state index in [-0.39, 0.29) is 5.91 Å². The van der Waals surface area contributed by atoms with Crippen LogP contribution in [0.5, 0.6) is 0 Å². The maximum atomic E-state index is 12.0. The molecule has 2 aromatic heterocycles. The number of amides is 1. The van der Waals surface area contributed by atoms with Crippen molar-refractivity contribution < 1.29 is 4.79 Å². The molecule has 21 heavy (non-hydrogen) atoms. The lowest BCUT2D eigenvalue weighted by molar-refractivity contribution is 0.0954. The average Bonchev–Trinajstić information content (AvgIpc) is 3.21. The summed E-state index contributed by atoms with van der Waals surface area (Å²) in [6.45, 7) is 0.470. The fraction of sp³-hybridized carbons (Fsp3) is 0.143. The fourth-order valence-corrected chi connectivity index (χ4v) is 1.97. The highest BCUT2D eigenvalue weighted by Crippen LogP contribution is 2.09. The van der Waals surface area contributed by atoms with Gasteiger partial charge >= 0.3 is 0 Å². The number of nitrogens with zero attached hydrogens (tertiary/aromatic N) is 4. The van der Waals surface area contributed by atoms with E-state index in [1.165, 1.54) is 0 Å². The van der Waals surface area contributed by atoms with Crippen molar-refractivity contribution in [3.05, 3.63) is 60.2 Å². The van der Waals surface area contributed by atoms with E-state index < -0.39 is 0 Å². The van der Waals surface area contributed by atoms with Gasteiger partial charge < -0.3 is 9.88 Å². The molecule has 7 nitrogen and oxygen atoms in total. The van der Waals surface area contributed by atoms with Crippen LogP contribution in [0.25, 0.3) is 5.69 Å². The molecule has 3 rings (SSSR count). The zero-order chi connectivity index (χ0) is 14.5. The molecule has 0 atom stereocenters. The Morgan fingerprint density at radius 1 is 1.19 bits per heavy atom. The molecule has 0 bridgehead atoms. The third-order valence-corrected chi connectivity index (χ3v) is 3.06. The first-order chi connectivity index (χ1) is 10.3. The van der Waals surface area contributed by atoms with Crippen molar-refractivity contribution in [1.82, 2.24) is 30.5 Å². The molecule has 0 saturated heterocycles. The number of hydrogen-bond acceptors (Lipinski definition) is 4. The van der Waals surface area contributed by atoms with Crippen molar-refractivity contribution in [1.29, 1.82) is 0 Å². The molecule has 1 amide bonds. The van der Waals surface area contributed by atoms with Gasteiger partial charge in [-0.15, -0.1) is 10.2 Å². The quantitative estimate of drug-likeness (QED) is 0.729. The molecule has 0 aliphatic rings. The van der Waals surface area contributed by atoms with Crippen molar-refractivity contribution >= 4 is 5.91 Å². The van der Waals surface area contributed by atoms with Crippen LogP contribution in [0.1, 0.15) is 16.2 Å². The second kappa shape index (κ2) is 6.00. The molecule has 106 valence electrons. The van der Waals surface area contributed by atoms with Gasteiger partial charge in [-0.3, -0.25) is 4.79 Å². The Morgan fingerprint density at radius 2 is 1.95 bits per heavy atom. The van der Waals surface area contributed by atoms with E-state index in [0.29, 0.717) is 24.4 Å². The molecule has 0 aliphatic carbocycles. The smallest absolute Gasteiger partial charge is 0.251 e. The Hall–Kier alpha value is -2.96. The Balaban J connectivity index is 1.57. The minimum Gasteiger partial charge on any atom is -0.352 e. The van der Waals surface area contributed by atoms with Crippen LogP contribution in [0.15, 0.2) is 48.8 Å². The van der Waals surface area contributed by atoms with Crippen molar-refractivity contribution in [2.24, 2.45) is 0 Å². The van der Waals surface area contributed by atoms with Gasteiger partial charge in [0.25, 0.3) is 5.91 Å². The molecule has 0 fully saturated rings. The molecule has 0 spiro atoms. The minimum absolute atomic E-state index is 0.113. The van der Waals surface area contributed by atoms with E-state index in [9.17, 15) is 4.79 Å². The summed E-state index contributed by atoms with van der Waals surface area (Å²) in [6.07, 6.45) is 4.46. The molecular formula is C14H14N6O. The van der Waals surface area contributed by atoms with Crippen molar-refractivity contribution in [3.63, 3.8) is 0 Å². The number of tetrazole rings is 1. The second-order valence-corrected chi connectivity index (χ2v) is 4.47. The summed E-state index contributed by atoms with van der Waals surface area (Å²) < 4.78 is 1.98. The zero-order valence-corrected chi connectivity index (χ0v) is 11.2. The molecule has 7 heteroatoms. The van der Waals surface area contributed by atoms with Gasteiger partial charge in [0, 0.05) is 36.6 Å². The SMILES string of the molecule is O=C(NCCc1nn[nH]n1)c1ccc(-n2cccc2)cc1. The summed E-state index contributed by atoms with van der Waals surface area (Å²) in [5, 5.41) is 16.3. The highest BCUT2D eigenvalue weighted by atomic mass is 16.1. The Morgan fingerprint density at radius 3 is 2.62 bits per heavy atom. The molecule has 0 aliphatic heterocycles. The number of carbonyl (C=O) groups excluding carboxylic acids is 1. The predicted octanol–water partition coefficient (Wildman–Crippen LogP) is 0.963. The third-order valence-electron chi connectivity index (χ3n) is 3.06. The lowest BCUT2D eigenvalue weighted by atomic mass is 10.2. The highest BCUT2D eigenvalue weighted by Gasteiger charge is 2.06. The van der Waals surface area contributed by atoms with Gasteiger partial charge in [-0.25, -0.2) is 0 Å². The average molecular weight is 282 g/mol. The number of rotatable bonds is 5. The predicted molar refractivity (Wildman–Crippen MR) is 76.0 cm³/mol. The van der Waals surface area contributed by atoms with Gasteiger partial charge in [-0.1, -0.05) is 5.21 Å². The molecular weight excluding hydrogens is 268 g/mol. The summed E-state index contributed by atoms with van der Waals surface area (Å²) in [4.78, 5) is 12.0. The number of hydrogen-bond donors (Lipinski definition) is 2. The van der Waals surface area contributed by atoms with Crippen molar-refractivity contribution in [2.75, 3.05) is 6.54 Å². The van der Waals surface area contributed by atoms with Crippen LogP contribution in [-0.2, 0) is 6.42 Å². The van der Waals surface area contributed by atoms with Crippen LogP contribution in [0.4, 0.5) is 0 Å². The lowest BCUT2D eigenvalue weighted by Crippen LogP contribution is -2.25. The molecule has 1 aromatic carbocycles. The lowest BCUT2D eigenvalue weighted by Gasteiger charge is -2.06. The van der Waals surface area contributed by atoms with Crippen LogP contribution >= 0.6 is 0 Å². The van der Waals surface area contributed by atoms with Gasteiger partial charge in [0.1, 0.15) is 0 Å². The Labute approximate surface area is 121 Å². The molecule has 3 aromatic rings. The second-order valence-electron chi connectivity index (χ2n) is 4.47. The summed E-state index contributed by atoms with van der Waals surface area (Å²) in [6, 6.07) is 11.3. The first-order valence-electron chi connectivity index (χ1n) is 6.57. The summed E-state index contributed by atoms with van der Waals surface area (Å²) in [5.41, 5.74) is 1.64. The van der Waals surface area contributed by atoms with E-state index in [1.807, 2.05) is 41.2 Å². The van der Waals surface area contributed by atoms with Crippen molar-refractivity contribution in [3.8, 4) is 5.69 Å². The largest absolute Gasteiger partial charge is 0.352 e. The Kier molecular flexibility index (Phi) is 3.72. The number of nitrogens with one attached hydrogen (secondary N) is 2. The van der Waals surface area contributed by atoms with E-state index in [4.69, 9.17) is 0 Å². The van der Waals surface area contributed by atoms with E-state index >= 15 is 0 Å². The standard InChI is InChI=1S/C14H14N6O/c21-14(15-8-7-13-16-18-19-17-13)11-3-5-12(6-4-11)20-9-1-2-10-20/h1-6,9-10H,7-8H2,(H,15,21)(H,16,17,18,19). The van der Waals surface area contributed by atoms with E-state index in [0.717, 1.165) is 5.69 Å². The number of aromatic nitrogens is 5. The van der Waals surface area contributed by atoms with Crippen LogP contribution < -0.4 is 5.32 Å². The molecule has 0 unspecified atom stereocenters. The normalized spacial score (nSPS) is 10.5. The van der Waals surface area contributed by atoms with E-state index in [2.05, 4.69) is 25.9 Å². The van der Waals surface area contributed by atoms with Gasteiger partial charge in [-0.05, 0) is 36.4 Å². The van der Waals surface area contributed by atoms with Crippen LogP contribution in [0, 0.1) is 0 Å². The van der Waals surface area contributed by atoms with Crippen LogP contribution in [-0.4, -0.2) is 37.6 Å². The molecule has 0 radical (unpaired) electrons. The van der Waals surface area contributed by atoms with Gasteiger partial charge in [-0.2, -0.15) is 5.21 Å². The summed E-state index contributed by atoms with van der Waals surface area (Å²) in [7, 11) is 0. The van der Waals surface area contributed by atoms with Crippen LogP contribution in [0.3, 0.4) is 0 Å². The van der Waals surface area contributed by atoms with E-state index in [1.54, 1.807) is 12.1 Å². The third kappa shape index (κ3) is 3.14. The van der Waals surface area contributed by atoms with Gasteiger partial charge in [0.05, 0.1) is 0 Å². The first-order valence-corrected chi connectivity index (χ1v) is 6.57. The fourth-order valence-electron chi connectivity index (χ4n) is 1.97. The van der Waals surface area contributed by atoms with Crippen LogP contribution in [0.2, 0.25) is 0 Å².